The van der Waals surface area contributed by atoms with Crippen molar-refractivity contribution in [1.29, 1.82) is 0 Å². The minimum absolute atomic E-state index is 0.00499. The summed E-state index contributed by atoms with van der Waals surface area (Å²) in [5, 5.41) is 11.2. The first kappa shape index (κ1) is 15.7. The van der Waals surface area contributed by atoms with Crippen LogP contribution < -0.4 is 9.80 Å². The Morgan fingerprint density at radius 1 is 1.13 bits per heavy atom. The number of benzene rings is 1. The van der Waals surface area contributed by atoms with Gasteiger partial charge in [0.2, 0.25) is 5.82 Å². The molecule has 2 heterocycles. The predicted octanol–water partition coefficient (Wildman–Crippen LogP) is 3.22. The fourth-order valence-corrected chi connectivity index (χ4v) is 2.95. The summed E-state index contributed by atoms with van der Waals surface area (Å²) in [7, 11) is 0. The highest BCUT2D eigenvalue weighted by atomic mass is 79.9. The van der Waals surface area contributed by atoms with Gasteiger partial charge in [0.15, 0.2) is 0 Å². The number of nitrogens with zero attached hydrogens (tertiary/aromatic N) is 4. The first-order valence-corrected chi connectivity index (χ1v) is 7.89. The third-order valence-corrected chi connectivity index (χ3v) is 4.22. The van der Waals surface area contributed by atoms with E-state index in [0.29, 0.717) is 36.5 Å². The summed E-state index contributed by atoms with van der Waals surface area (Å²) in [4.78, 5) is 19.0. The maximum atomic E-state index is 13.0. The second-order valence-electron chi connectivity index (χ2n) is 5.20. The van der Waals surface area contributed by atoms with Crippen molar-refractivity contribution in [3.63, 3.8) is 0 Å². The van der Waals surface area contributed by atoms with Gasteiger partial charge in [0, 0.05) is 48.6 Å². The van der Waals surface area contributed by atoms with E-state index in [1.54, 1.807) is 18.3 Å². The quantitative estimate of drug-likeness (QED) is 0.604. The van der Waals surface area contributed by atoms with Crippen LogP contribution in [0.5, 0.6) is 0 Å². The molecule has 0 bridgehead atoms. The number of nitro groups is 1. The van der Waals surface area contributed by atoms with Crippen molar-refractivity contribution >= 4 is 33.1 Å². The van der Waals surface area contributed by atoms with Gasteiger partial charge in [-0.3, -0.25) is 10.1 Å². The van der Waals surface area contributed by atoms with E-state index in [4.69, 9.17) is 0 Å². The molecule has 3 rings (SSSR count). The van der Waals surface area contributed by atoms with Crippen LogP contribution in [0.3, 0.4) is 0 Å². The molecule has 0 radical (unpaired) electrons. The lowest BCUT2D eigenvalue weighted by Crippen LogP contribution is -2.47. The van der Waals surface area contributed by atoms with E-state index in [9.17, 15) is 14.5 Å². The van der Waals surface area contributed by atoms with Crippen molar-refractivity contribution in [3.8, 4) is 0 Å². The number of rotatable bonds is 3. The summed E-state index contributed by atoms with van der Waals surface area (Å²) in [6, 6.07) is 7.82. The number of aromatic nitrogens is 1. The molecule has 1 fully saturated rings. The Bertz CT molecular complexity index is 718. The molecule has 8 heteroatoms. The summed E-state index contributed by atoms with van der Waals surface area (Å²) < 4.78 is 13.6. The van der Waals surface area contributed by atoms with Crippen molar-refractivity contribution in [2.45, 2.75) is 0 Å². The molecule has 2 aromatic rings. The number of halogens is 2. The largest absolute Gasteiger partial charge is 0.368 e. The van der Waals surface area contributed by atoms with Crippen LogP contribution in [0, 0.1) is 15.9 Å². The van der Waals surface area contributed by atoms with E-state index in [1.807, 2.05) is 4.90 Å². The van der Waals surface area contributed by atoms with Crippen LogP contribution in [0.15, 0.2) is 41.0 Å². The van der Waals surface area contributed by atoms with Crippen molar-refractivity contribution in [3.05, 3.63) is 56.9 Å². The lowest BCUT2D eigenvalue weighted by atomic mass is 10.2. The molecule has 0 unspecified atom stereocenters. The zero-order valence-electron chi connectivity index (χ0n) is 12.2. The van der Waals surface area contributed by atoms with Gasteiger partial charge < -0.3 is 9.80 Å². The van der Waals surface area contributed by atoms with E-state index in [1.165, 1.54) is 18.2 Å². The van der Waals surface area contributed by atoms with E-state index in [0.717, 1.165) is 5.69 Å². The van der Waals surface area contributed by atoms with Crippen molar-refractivity contribution in [2.75, 3.05) is 36.0 Å². The third kappa shape index (κ3) is 3.42. The first-order valence-electron chi connectivity index (χ1n) is 7.10. The molecule has 0 aliphatic carbocycles. The molecule has 1 aromatic carbocycles. The normalized spacial score (nSPS) is 14.9. The third-order valence-electron chi connectivity index (χ3n) is 3.78. The maximum absolute atomic E-state index is 13.0. The lowest BCUT2D eigenvalue weighted by Gasteiger charge is -2.36. The number of piperazine rings is 1. The summed E-state index contributed by atoms with van der Waals surface area (Å²) in [5.41, 5.74) is 0.943. The fourth-order valence-electron chi connectivity index (χ4n) is 2.63. The van der Waals surface area contributed by atoms with Crippen LogP contribution in [0.1, 0.15) is 0 Å². The number of anilines is 2. The highest BCUT2D eigenvalue weighted by Gasteiger charge is 2.25. The van der Waals surface area contributed by atoms with Crippen LogP contribution in [0.25, 0.3) is 0 Å². The molecule has 1 aromatic heterocycles. The fraction of sp³-hybridized carbons (Fsp3) is 0.267. The van der Waals surface area contributed by atoms with Crippen LogP contribution in [-0.2, 0) is 0 Å². The monoisotopic (exact) mass is 380 g/mol. The molecular weight excluding hydrogens is 367 g/mol. The van der Waals surface area contributed by atoms with E-state index in [-0.39, 0.29) is 11.5 Å². The molecule has 0 spiro atoms. The van der Waals surface area contributed by atoms with Gasteiger partial charge in [-0.15, -0.1) is 0 Å². The molecule has 0 N–H and O–H groups in total. The molecule has 120 valence electrons. The van der Waals surface area contributed by atoms with Crippen molar-refractivity contribution < 1.29 is 9.31 Å². The molecule has 1 aliphatic heterocycles. The SMILES string of the molecule is O=[N+]([O-])c1cc(Br)cnc1N1CCN(c2ccc(F)cc2)CC1. The van der Waals surface area contributed by atoms with E-state index >= 15 is 0 Å². The zero-order valence-corrected chi connectivity index (χ0v) is 13.7. The Morgan fingerprint density at radius 3 is 2.35 bits per heavy atom. The van der Waals surface area contributed by atoms with Gasteiger partial charge in [-0.25, -0.2) is 9.37 Å². The van der Waals surface area contributed by atoms with Crippen LogP contribution >= 0.6 is 15.9 Å². The standard InChI is InChI=1S/C15H14BrFN4O2/c16-11-9-14(21(22)23)15(18-10-11)20-7-5-19(6-8-20)13-3-1-12(17)2-4-13/h1-4,9-10H,5-8H2. The average Bonchev–Trinajstić information content (AvgIpc) is 2.56. The van der Waals surface area contributed by atoms with Gasteiger partial charge in [-0.1, -0.05) is 0 Å². The topological polar surface area (TPSA) is 62.5 Å². The number of pyridine rings is 1. The van der Waals surface area contributed by atoms with Crippen LogP contribution in [0.2, 0.25) is 0 Å². The highest BCUT2D eigenvalue weighted by molar-refractivity contribution is 9.10. The molecule has 0 saturated carbocycles. The van der Waals surface area contributed by atoms with Gasteiger partial charge in [-0.2, -0.15) is 0 Å². The lowest BCUT2D eigenvalue weighted by molar-refractivity contribution is -0.384. The first-order chi connectivity index (χ1) is 11.0. The van der Waals surface area contributed by atoms with Crippen LogP contribution in [-0.4, -0.2) is 36.1 Å². The van der Waals surface area contributed by atoms with Gasteiger partial charge in [-0.05, 0) is 40.2 Å². The number of hydrogen-bond acceptors (Lipinski definition) is 5. The molecule has 1 aliphatic rings. The summed E-state index contributed by atoms with van der Waals surface area (Å²) >= 11 is 3.21. The second kappa shape index (κ2) is 6.49. The van der Waals surface area contributed by atoms with Gasteiger partial charge >= 0.3 is 5.69 Å². The predicted molar refractivity (Wildman–Crippen MR) is 89.4 cm³/mol. The number of hydrogen-bond donors (Lipinski definition) is 0. The van der Waals surface area contributed by atoms with Crippen LogP contribution in [0.4, 0.5) is 21.6 Å². The molecule has 6 nitrogen and oxygen atoms in total. The zero-order chi connectivity index (χ0) is 16.4. The minimum Gasteiger partial charge on any atom is -0.368 e. The Morgan fingerprint density at radius 2 is 1.74 bits per heavy atom. The molecule has 1 saturated heterocycles. The minimum atomic E-state index is -0.417. The Labute approximate surface area is 140 Å². The Balaban J connectivity index is 1.74. The Kier molecular flexibility index (Phi) is 4.42. The average molecular weight is 381 g/mol. The highest BCUT2D eigenvalue weighted by Crippen LogP contribution is 2.29. The summed E-state index contributed by atoms with van der Waals surface area (Å²) in [5.74, 6) is 0.124. The summed E-state index contributed by atoms with van der Waals surface area (Å²) in [6.45, 7) is 2.63. The smallest absolute Gasteiger partial charge is 0.312 e. The van der Waals surface area contributed by atoms with Gasteiger partial charge in [0.05, 0.1) is 4.92 Å². The molecule has 0 amide bonds. The Hall–Kier alpha value is -2.22. The van der Waals surface area contributed by atoms with Gasteiger partial charge in [0.1, 0.15) is 5.82 Å². The maximum Gasteiger partial charge on any atom is 0.312 e. The van der Waals surface area contributed by atoms with E-state index in [2.05, 4.69) is 25.8 Å². The second-order valence-corrected chi connectivity index (χ2v) is 6.12. The molecular formula is C15H14BrFN4O2. The molecule has 23 heavy (non-hydrogen) atoms. The van der Waals surface area contributed by atoms with Crippen molar-refractivity contribution in [2.24, 2.45) is 0 Å². The van der Waals surface area contributed by atoms with Gasteiger partial charge in [0.25, 0.3) is 0 Å². The van der Waals surface area contributed by atoms with E-state index < -0.39 is 4.92 Å². The summed E-state index contributed by atoms with van der Waals surface area (Å²) in [6.07, 6.45) is 1.56. The molecule has 0 atom stereocenters. The van der Waals surface area contributed by atoms with Crippen molar-refractivity contribution in [1.82, 2.24) is 4.98 Å².